The van der Waals surface area contributed by atoms with Crippen molar-refractivity contribution in [2.75, 3.05) is 7.11 Å². The molecule has 36 heavy (non-hydrogen) atoms. The summed E-state index contributed by atoms with van der Waals surface area (Å²) >= 11 is 0. The molecule has 9 heteroatoms. The first-order valence-corrected chi connectivity index (χ1v) is 11.4. The van der Waals surface area contributed by atoms with Crippen molar-refractivity contribution >= 4 is 22.1 Å². The fourth-order valence-corrected chi connectivity index (χ4v) is 4.75. The van der Waals surface area contributed by atoms with Crippen molar-refractivity contribution in [2.45, 2.75) is 0 Å². The number of halogens is 1. The zero-order valence-corrected chi connectivity index (χ0v) is 20.2. The van der Waals surface area contributed by atoms with Gasteiger partial charge in [-0.3, -0.25) is 13.7 Å². The number of aromatic nitrogens is 6. The van der Waals surface area contributed by atoms with E-state index in [1.165, 1.54) is 6.07 Å². The van der Waals surface area contributed by atoms with Crippen LogP contribution in [0.1, 0.15) is 0 Å². The summed E-state index contributed by atoms with van der Waals surface area (Å²) in [6, 6.07) is 16.3. The summed E-state index contributed by atoms with van der Waals surface area (Å²) in [5.41, 5.74) is 5.37. The molecule has 0 N–H and O–H groups in total. The fraction of sp³-hybridized carbons (Fsp3) is 0.148. The maximum absolute atomic E-state index is 15.6. The third kappa shape index (κ3) is 3.16. The minimum atomic E-state index is -0.373. The van der Waals surface area contributed by atoms with Gasteiger partial charge in [-0.05, 0) is 42.0 Å². The topological polar surface area (TPSA) is 71.8 Å². The highest BCUT2D eigenvalue weighted by Gasteiger charge is 2.20. The summed E-state index contributed by atoms with van der Waals surface area (Å²) < 4.78 is 27.9. The SMILES string of the molecule is COc1cccc(-c2cc3nc(-c4cncn4C)n(-c4ccc5c(c4)n(C)c(=O)n5C)c3cc2F)c1. The van der Waals surface area contributed by atoms with Crippen LogP contribution in [0.2, 0.25) is 0 Å². The van der Waals surface area contributed by atoms with E-state index in [0.717, 1.165) is 22.4 Å². The molecule has 0 atom stereocenters. The molecule has 0 aliphatic heterocycles. The minimum absolute atomic E-state index is 0.113. The van der Waals surface area contributed by atoms with Crippen molar-refractivity contribution in [3.63, 3.8) is 0 Å². The molecule has 3 aromatic heterocycles. The van der Waals surface area contributed by atoms with E-state index in [9.17, 15) is 4.79 Å². The molecule has 0 amide bonds. The van der Waals surface area contributed by atoms with Crippen LogP contribution in [-0.4, -0.2) is 35.3 Å². The van der Waals surface area contributed by atoms with Gasteiger partial charge in [0, 0.05) is 38.5 Å². The highest BCUT2D eigenvalue weighted by molar-refractivity contribution is 5.88. The number of benzene rings is 3. The predicted octanol–water partition coefficient (Wildman–Crippen LogP) is 4.43. The van der Waals surface area contributed by atoms with Crippen molar-refractivity contribution in [1.82, 2.24) is 28.2 Å². The number of methoxy groups -OCH3 is 1. The number of fused-ring (bicyclic) bond motifs is 2. The Morgan fingerprint density at radius 3 is 2.47 bits per heavy atom. The van der Waals surface area contributed by atoms with Gasteiger partial charge in [0.25, 0.3) is 0 Å². The van der Waals surface area contributed by atoms with Gasteiger partial charge in [0.15, 0.2) is 5.82 Å². The number of hydrogen-bond acceptors (Lipinski definition) is 4. The number of imidazole rings is 3. The lowest BCUT2D eigenvalue weighted by Crippen LogP contribution is -2.19. The van der Waals surface area contributed by atoms with Gasteiger partial charge in [0.2, 0.25) is 0 Å². The Balaban J connectivity index is 1.65. The summed E-state index contributed by atoms with van der Waals surface area (Å²) in [4.78, 5) is 21.7. The lowest BCUT2D eigenvalue weighted by atomic mass is 10.0. The predicted molar refractivity (Wildman–Crippen MR) is 137 cm³/mol. The largest absolute Gasteiger partial charge is 0.497 e. The molecule has 0 saturated heterocycles. The quantitative estimate of drug-likeness (QED) is 0.373. The molecule has 0 aliphatic carbocycles. The van der Waals surface area contributed by atoms with Crippen LogP contribution >= 0.6 is 0 Å². The molecule has 0 radical (unpaired) electrons. The van der Waals surface area contributed by atoms with Gasteiger partial charge < -0.3 is 9.30 Å². The molecule has 0 spiro atoms. The highest BCUT2D eigenvalue weighted by atomic mass is 19.1. The first-order valence-electron chi connectivity index (χ1n) is 11.4. The van der Waals surface area contributed by atoms with E-state index >= 15 is 4.39 Å². The van der Waals surface area contributed by atoms with Gasteiger partial charge in [0.05, 0.1) is 41.7 Å². The van der Waals surface area contributed by atoms with Crippen molar-refractivity contribution in [3.05, 3.63) is 83.4 Å². The van der Waals surface area contributed by atoms with E-state index in [-0.39, 0.29) is 11.5 Å². The van der Waals surface area contributed by atoms with E-state index in [1.54, 1.807) is 55.0 Å². The van der Waals surface area contributed by atoms with Crippen LogP contribution < -0.4 is 10.4 Å². The van der Waals surface area contributed by atoms with Gasteiger partial charge in [0.1, 0.15) is 17.3 Å². The van der Waals surface area contributed by atoms with Crippen LogP contribution in [0.3, 0.4) is 0 Å². The molecular formula is C27H23FN6O2. The van der Waals surface area contributed by atoms with Crippen LogP contribution in [0.25, 0.3) is 50.4 Å². The smallest absolute Gasteiger partial charge is 0.328 e. The number of rotatable bonds is 4. The highest BCUT2D eigenvalue weighted by Crippen LogP contribution is 2.34. The maximum atomic E-state index is 15.6. The van der Waals surface area contributed by atoms with E-state index in [0.29, 0.717) is 33.7 Å². The van der Waals surface area contributed by atoms with E-state index < -0.39 is 0 Å². The standard InChI is InChI=1S/C27H23FN6O2/c1-31-15-29-14-25(31)26-30-21-12-19(16-6-5-7-18(10-16)36-4)20(28)13-23(21)34(26)17-8-9-22-24(11-17)33(3)27(35)32(22)2/h5-15H,1-4H3. The van der Waals surface area contributed by atoms with Crippen LogP contribution in [0.4, 0.5) is 4.39 Å². The molecule has 0 unspecified atom stereocenters. The fourth-order valence-electron chi connectivity index (χ4n) is 4.75. The molecule has 3 heterocycles. The molecule has 0 aliphatic rings. The molecule has 0 saturated carbocycles. The van der Waals surface area contributed by atoms with E-state index in [1.807, 2.05) is 52.6 Å². The second-order valence-electron chi connectivity index (χ2n) is 8.79. The second kappa shape index (κ2) is 7.94. The Kier molecular flexibility index (Phi) is 4.82. The van der Waals surface area contributed by atoms with Gasteiger partial charge in [-0.2, -0.15) is 0 Å². The zero-order valence-electron chi connectivity index (χ0n) is 20.2. The van der Waals surface area contributed by atoms with Gasteiger partial charge in [-0.15, -0.1) is 0 Å². The second-order valence-corrected chi connectivity index (χ2v) is 8.79. The average Bonchev–Trinajstić information content (AvgIpc) is 3.54. The number of nitrogens with zero attached hydrogens (tertiary/aromatic N) is 6. The van der Waals surface area contributed by atoms with Crippen LogP contribution in [0.5, 0.6) is 5.75 Å². The first-order chi connectivity index (χ1) is 17.4. The van der Waals surface area contributed by atoms with Crippen molar-refractivity contribution < 1.29 is 9.13 Å². The summed E-state index contributed by atoms with van der Waals surface area (Å²) in [5.74, 6) is 0.893. The maximum Gasteiger partial charge on any atom is 0.328 e. The van der Waals surface area contributed by atoms with Gasteiger partial charge in [-0.1, -0.05) is 12.1 Å². The molecule has 6 aromatic rings. The monoisotopic (exact) mass is 482 g/mol. The van der Waals surface area contributed by atoms with Crippen LogP contribution in [0.15, 0.2) is 71.9 Å². The summed E-state index contributed by atoms with van der Waals surface area (Å²) in [7, 11) is 6.95. The van der Waals surface area contributed by atoms with Gasteiger partial charge >= 0.3 is 5.69 Å². The molecule has 8 nitrogen and oxygen atoms in total. The summed E-state index contributed by atoms with van der Waals surface area (Å²) in [6.45, 7) is 0. The van der Waals surface area contributed by atoms with Crippen LogP contribution in [0, 0.1) is 5.82 Å². The van der Waals surface area contributed by atoms with Crippen molar-refractivity contribution in [1.29, 1.82) is 0 Å². The lowest BCUT2D eigenvalue weighted by molar-refractivity contribution is 0.415. The average molecular weight is 483 g/mol. The normalized spacial score (nSPS) is 11.6. The number of hydrogen-bond donors (Lipinski definition) is 0. The minimum Gasteiger partial charge on any atom is -0.497 e. The van der Waals surface area contributed by atoms with E-state index in [4.69, 9.17) is 9.72 Å². The number of aryl methyl sites for hydroxylation is 3. The molecule has 180 valence electrons. The summed E-state index contributed by atoms with van der Waals surface area (Å²) in [5, 5.41) is 0. The molecule has 0 bridgehead atoms. The summed E-state index contributed by atoms with van der Waals surface area (Å²) in [6.07, 6.45) is 3.43. The molecule has 6 rings (SSSR count). The Morgan fingerprint density at radius 2 is 1.72 bits per heavy atom. The molecular weight excluding hydrogens is 459 g/mol. The lowest BCUT2D eigenvalue weighted by Gasteiger charge is -2.11. The molecule has 0 fully saturated rings. The Hall–Kier alpha value is -4.66. The zero-order chi connectivity index (χ0) is 25.1. The third-order valence-electron chi connectivity index (χ3n) is 6.68. The Morgan fingerprint density at radius 1 is 0.917 bits per heavy atom. The van der Waals surface area contributed by atoms with Crippen molar-refractivity contribution in [2.24, 2.45) is 21.1 Å². The Labute approximate surface area is 205 Å². The Bertz CT molecular complexity index is 1860. The molecule has 3 aromatic carbocycles. The van der Waals surface area contributed by atoms with E-state index in [2.05, 4.69) is 4.98 Å². The third-order valence-corrected chi connectivity index (χ3v) is 6.68. The van der Waals surface area contributed by atoms with Gasteiger partial charge in [-0.25, -0.2) is 19.2 Å². The first kappa shape index (κ1) is 21.8. The van der Waals surface area contributed by atoms with Crippen LogP contribution in [-0.2, 0) is 21.1 Å². The van der Waals surface area contributed by atoms with Crippen molar-refractivity contribution in [3.8, 4) is 34.1 Å². The number of ether oxygens (including phenoxy) is 1.